The predicted octanol–water partition coefficient (Wildman–Crippen LogP) is 11.4. The molecule has 2 aromatic rings. The fourth-order valence-electron chi connectivity index (χ4n) is 6.25. The molecule has 1 aliphatic carbocycles. The molecule has 0 amide bonds. The molecule has 1 saturated carbocycles. The van der Waals surface area contributed by atoms with Crippen LogP contribution in [0.4, 0.5) is 0 Å². The van der Waals surface area contributed by atoms with Crippen LogP contribution in [0.5, 0.6) is 0 Å². The van der Waals surface area contributed by atoms with Gasteiger partial charge in [-0.15, -0.1) is 0 Å². The highest BCUT2D eigenvalue weighted by Crippen LogP contribution is 2.43. The Morgan fingerprint density at radius 2 is 0.639 bits per heavy atom. The van der Waals surface area contributed by atoms with Crippen LogP contribution >= 0.6 is 0 Å². The number of rotatable bonds is 2. The van der Waals surface area contributed by atoms with Crippen molar-refractivity contribution in [2.45, 2.75) is 154 Å². The number of hydrogen-bond acceptors (Lipinski definition) is 0. The molecule has 0 saturated heterocycles. The van der Waals surface area contributed by atoms with Crippen molar-refractivity contribution >= 4 is 0 Å². The summed E-state index contributed by atoms with van der Waals surface area (Å²) in [6.07, 6.45) is 20.9. The summed E-state index contributed by atoms with van der Waals surface area (Å²) in [5.41, 5.74) is 6.49. The first kappa shape index (κ1) is 29.0. The van der Waals surface area contributed by atoms with Gasteiger partial charge in [0.2, 0.25) is 0 Å². The van der Waals surface area contributed by atoms with Gasteiger partial charge in [0.1, 0.15) is 0 Å². The third kappa shape index (κ3) is 8.22. The molecule has 0 bridgehead atoms. The van der Waals surface area contributed by atoms with E-state index in [1.807, 2.05) is 0 Å². The highest BCUT2D eigenvalue weighted by atomic mass is 14.4. The maximum atomic E-state index is 2.48. The maximum Gasteiger partial charge on any atom is 0.0202 e. The molecule has 200 valence electrons. The first-order chi connectivity index (χ1) is 17.1. The Hall–Kier alpha value is -1.56. The largest absolute Gasteiger partial charge is 0.0582 e. The summed E-state index contributed by atoms with van der Waals surface area (Å²) >= 11 is 0. The highest BCUT2D eigenvalue weighted by molar-refractivity contribution is 5.43. The van der Waals surface area contributed by atoms with Crippen LogP contribution in [-0.2, 0) is 16.2 Å². The van der Waals surface area contributed by atoms with Gasteiger partial charge in [-0.2, -0.15) is 0 Å². The van der Waals surface area contributed by atoms with Gasteiger partial charge in [0.25, 0.3) is 0 Å². The van der Waals surface area contributed by atoms with Gasteiger partial charge in [-0.05, 0) is 45.9 Å². The van der Waals surface area contributed by atoms with E-state index < -0.39 is 0 Å². The summed E-state index contributed by atoms with van der Waals surface area (Å²) in [6, 6.07) is 19.6. The van der Waals surface area contributed by atoms with Gasteiger partial charge >= 0.3 is 0 Å². The van der Waals surface area contributed by atoms with Crippen LogP contribution in [0.3, 0.4) is 0 Å². The minimum absolute atomic E-state index is 0.129. The zero-order chi connectivity index (χ0) is 26.1. The van der Waals surface area contributed by atoms with E-state index in [-0.39, 0.29) is 16.2 Å². The van der Waals surface area contributed by atoms with Gasteiger partial charge in [-0.25, -0.2) is 0 Å². The molecule has 3 rings (SSSR count). The molecular formula is C36H56. The molecule has 0 spiro atoms. The minimum atomic E-state index is 0.129. The van der Waals surface area contributed by atoms with E-state index >= 15 is 0 Å². The van der Waals surface area contributed by atoms with Crippen molar-refractivity contribution < 1.29 is 0 Å². The van der Waals surface area contributed by atoms with Gasteiger partial charge in [0.15, 0.2) is 0 Å². The van der Waals surface area contributed by atoms with Crippen LogP contribution in [0.1, 0.15) is 160 Å². The molecule has 0 heteroatoms. The molecule has 0 aromatic heterocycles. The Kier molecular flexibility index (Phi) is 10.7. The average molecular weight is 489 g/mol. The molecule has 0 N–H and O–H groups in total. The van der Waals surface area contributed by atoms with E-state index in [0.717, 1.165) is 0 Å². The van der Waals surface area contributed by atoms with Gasteiger partial charge < -0.3 is 0 Å². The molecule has 2 aromatic carbocycles. The molecule has 0 nitrogen and oxygen atoms in total. The van der Waals surface area contributed by atoms with Crippen LogP contribution in [0.15, 0.2) is 48.5 Å². The molecule has 0 heterocycles. The van der Waals surface area contributed by atoms with Crippen molar-refractivity contribution in [1.82, 2.24) is 0 Å². The average Bonchev–Trinajstić information content (AvgIpc) is 2.83. The molecule has 0 atom stereocenters. The number of hydrogen-bond donors (Lipinski definition) is 0. The van der Waals surface area contributed by atoms with Crippen molar-refractivity contribution in [1.29, 1.82) is 0 Å². The molecule has 1 fully saturated rings. The van der Waals surface area contributed by atoms with Crippen LogP contribution in [0.25, 0.3) is 0 Å². The summed E-state index contributed by atoms with van der Waals surface area (Å²) in [7, 11) is 0. The second kappa shape index (κ2) is 13.3. The molecule has 0 aliphatic heterocycles. The van der Waals surface area contributed by atoms with Crippen LogP contribution in [-0.4, -0.2) is 0 Å². The van der Waals surface area contributed by atoms with E-state index in [2.05, 4.69) is 90.1 Å². The van der Waals surface area contributed by atoms with Crippen molar-refractivity contribution in [3.63, 3.8) is 0 Å². The van der Waals surface area contributed by atoms with Gasteiger partial charge in [-0.1, -0.05) is 174 Å². The van der Waals surface area contributed by atoms with E-state index in [1.165, 1.54) is 107 Å². The lowest BCUT2D eigenvalue weighted by Crippen LogP contribution is -2.29. The van der Waals surface area contributed by atoms with E-state index in [4.69, 9.17) is 0 Å². The first-order valence-electron chi connectivity index (χ1n) is 15.3. The third-order valence-electron chi connectivity index (χ3n) is 8.81. The maximum absolute atomic E-state index is 2.48. The minimum Gasteiger partial charge on any atom is -0.0582 e. The van der Waals surface area contributed by atoms with Gasteiger partial charge in [0.05, 0.1) is 0 Å². The van der Waals surface area contributed by atoms with Crippen LogP contribution < -0.4 is 0 Å². The highest BCUT2D eigenvalue weighted by Gasteiger charge is 2.34. The summed E-state index contributed by atoms with van der Waals surface area (Å²) in [5.74, 6) is 0. The Bertz CT molecular complexity index is 794. The van der Waals surface area contributed by atoms with E-state index in [0.29, 0.717) is 0 Å². The third-order valence-corrected chi connectivity index (χ3v) is 8.81. The Morgan fingerprint density at radius 1 is 0.389 bits per heavy atom. The topological polar surface area (TPSA) is 0 Å². The van der Waals surface area contributed by atoms with Crippen LogP contribution in [0, 0.1) is 0 Å². The molecule has 36 heavy (non-hydrogen) atoms. The molecule has 0 radical (unpaired) electrons. The van der Waals surface area contributed by atoms with Crippen molar-refractivity contribution in [2.24, 2.45) is 0 Å². The SMILES string of the molecule is CC(C)(C)c1ccc(C2(c3ccc(C(C)(C)C)cc3)CCCCCCCCCCCCCCC2)cc1. The van der Waals surface area contributed by atoms with E-state index in [1.54, 1.807) is 11.1 Å². The number of benzene rings is 2. The lowest BCUT2D eigenvalue weighted by molar-refractivity contribution is 0.387. The summed E-state index contributed by atoms with van der Waals surface area (Å²) in [6.45, 7) is 14.0. The Labute approximate surface area is 224 Å². The summed E-state index contributed by atoms with van der Waals surface area (Å²) in [5, 5.41) is 0. The predicted molar refractivity (Wildman–Crippen MR) is 160 cm³/mol. The smallest absolute Gasteiger partial charge is 0.0202 e. The van der Waals surface area contributed by atoms with Gasteiger partial charge in [0, 0.05) is 5.41 Å². The van der Waals surface area contributed by atoms with Crippen LogP contribution in [0.2, 0.25) is 0 Å². The monoisotopic (exact) mass is 488 g/mol. The fraction of sp³-hybridized carbons (Fsp3) is 0.667. The van der Waals surface area contributed by atoms with E-state index in [9.17, 15) is 0 Å². The fourth-order valence-corrected chi connectivity index (χ4v) is 6.25. The summed E-state index contributed by atoms with van der Waals surface area (Å²) < 4.78 is 0. The first-order valence-corrected chi connectivity index (χ1v) is 15.3. The zero-order valence-corrected chi connectivity index (χ0v) is 24.7. The second-order valence-corrected chi connectivity index (χ2v) is 13.8. The van der Waals surface area contributed by atoms with Gasteiger partial charge in [-0.3, -0.25) is 0 Å². The van der Waals surface area contributed by atoms with Crippen molar-refractivity contribution in [3.8, 4) is 0 Å². The Balaban J connectivity index is 1.96. The normalized spacial score (nSPS) is 19.6. The molecule has 1 aliphatic rings. The van der Waals surface area contributed by atoms with Crippen molar-refractivity contribution in [3.05, 3.63) is 70.8 Å². The summed E-state index contributed by atoms with van der Waals surface area (Å²) in [4.78, 5) is 0. The zero-order valence-electron chi connectivity index (χ0n) is 24.7. The molecule has 0 unspecified atom stereocenters. The quantitative estimate of drug-likeness (QED) is 0.394. The standard InChI is InChI=1S/C36H56/c1-34(2,3)30-20-24-32(25-21-30)36(33-26-22-31(23-27-33)35(4,5)6)28-18-16-14-12-10-8-7-9-11-13-15-17-19-29-36/h20-27H,7-19,28-29H2,1-6H3. The lowest BCUT2D eigenvalue weighted by atomic mass is 9.67. The van der Waals surface area contributed by atoms with Crippen molar-refractivity contribution in [2.75, 3.05) is 0 Å². The Morgan fingerprint density at radius 3 is 0.889 bits per heavy atom. The second-order valence-electron chi connectivity index (χ2n) is 13.8. The lowest BCUT2D eigenvalue weighted by Gasteiger charge is -2.37. The molecular weight excluding hydrogens is 432 g/mol.